The molecule has 4 nitrogen and oxygen atoms in total. The summed E-state index contributed by atoms with van der Waals surface area (Å²) in [5.41, 5.74) is 0.899. The monoisotopic (exact) mass is 334 g/mol. The summed E-state index contributed by atoms with van der Waals surface area (Å²) in [5.74, 6) is -0.140. The SMILES string of the molecule is O=C(NCc1ccccc1Cl)[C@H]1CC(=O)N(C2CCCCC2)C1. The quantitative estimate of drug-likeness (QED) is 0.919. The molecule has 1 aromatic rings. The fourth-order valence-electron chi connectivity index (χ4n) is 3.62. The first kappa shape index (κ1) is 16.3. The molecule has 1 aliphatic carbocycles. The summed E-state index contributed by atoms with van der Waals surface area (Å²) in [6.07, 6.45) is 6.15. The van der Waals surface area contributed by atoms with Crippen LogP contribution in [0.5, 0.6) is 0 Å². The van der Waals surface area contributed by atoms with Crippen LogP contribution >= 0.6 is 11.6 Å². The average molecular weight is 335 g/mol. The van der Waals surface area contributed by atoms with E-state index < -0.39 is 0 Å². The van der Waals surface area contributed by atoms with E-state index in [0.29, 0.717) is 30.6 Å². The lowest BCUT2D eigenvalue weighted by molar-refractivity contribution is -0.130. The van der Waals surface area contributed by atoms with Crippen LogP contribution in [0.2, 0.25) is 5.02 Å². The van der Waals surface area contributed by atoms with E-state index in [-0.39, 0.29) is 17.7 Å². The third-order valence-corrected chi connectivity index (χ3v) is 5.32. The summed E-state index contributed by atoms with van der Waals surface area (Å²) in [7, 11) is 0. The highest BCUT2D eigenvalue weighted by atomic mass is 35.5. The molecule has 1 aliphatic heterocycles. The van der Waals surface area contributed by atoms with E-state index in [9.17, 15) is 9.59 Å². The van der Waals surface area contributed by atoms with Gasteiger partial charge in [0.25, 0.3) is 0 Å². The van der Waals surface area contributed by atoms with E-state index in [0.717, 1.165) is 18.4 Å². The van der Waals surface area contributed by atoms with Gasteiger partial charge in [0.1, 0.15) is 0 Å². The molecule has 3 rings (SSSR count). The van der Waals surface area contributed by atoms with Gasteiger partial charge in [-0.05, 0) is 24.5 Å². The number of nitrogens with one attached hydrogen (secondary N) is 1. The Labute approximate surface area is 142 Å². The smallest absolute Gasteiger partial charge is 0.225 e. The Morgan fingerprint density at radius 1 is 1.22 bits per heavy atom. The second kappa shape index (κ2) is 7.35. The van der Waals surface area contributed by atoms with Crippen molar-refractivity contribution in [3.8, 4) is 0 Å². The number of benzene rings is 1. The topological polar surface area (TPSA) is 49.4 Å². The fourth-order valence-corrected chi connectivity index (χ4v) is 3.82. The number of likely N-dealkylation sites (tertiary alicyclic amines) is 1. The van der Waals surface area contributed by atoms with E-state index in [4.69, 9.17) is 11.6 Å². The van der Waals surface area contributed by atoms with Gasteiger partial charge in [0.2, 0.25) is 11.8 Å². The largest absolute Gasteiger partial charge is 0.352 e. The van der Waals surface area contributed by atoms with Crippen molar-refractivity contribution in [2.75, 3.05) is 6.54 Å². The van der Waals surface area contributed by atoms with Crippen LogP contribution in [-0.4, -0.2) is 29.3 Å². The van der Waals surface area contributed by atoms with Crippen molar-refractivity contribution in [3.05, 3.63) is 34.9 Å². The molecular formula is C18H23ClN2O2. The van der Waals surface area contributed by atoms with Crippen molar-refractivity contribution in [2.45, 2.75) is 51.1 Å². The molecule has 2 fully saturated rings. The van der Waals surface area contributed by atoms with Gasteiger partial charge in [0.05, 0.1) is 5.92 Å². The van der Waals surface area contributed by atoms with Crippen molar-refractivity contribution in [1.82, 2.24) is 10.2 Å². The van der Waals surface area contributed by atoms with Crippen LogP contribution in [0.15, 0.2) is 24.3 Å². The van der Waals surface area contributed by atoms with Gasteiger partial charge in [-0.25, -0.2) is 0 Å². The third-order valence-electron chi connectivity index (χ3n) is 4.96. The van der Waals surface area contributed by atoms with Crippen LogP contribution in [-0.2, 0) is 16.1 Å². The summed E-state index contributed by atoms with van der Waals surface area (Å²) in [6, 6.07) is 7.82. The minimum absolute atomic E-state index is 0.0448. The van der Waals surface area contributed by atoms with Gasteiger partial charge in [0.15, 0.2) is 0 Å². The number of carbonyl (C=O) groups is 2. The number of amides is 2. The van der Waals surface area contributed by atoms with Crippen molar-refractivity contribution in [3.63, 3.8) is 0 Å². The van der Waals surface area contributed by atoms with Gasteiger partial charge < -0.3 is 10.2 Å². The van der Waals surface area contributed by atoms with Crippen molar-refractivity contribution in [1.29, 1.82) is 0 Å². The van der Waals surface area contributed by atoms with Gasteiger partial charge in [-0.1, -0.05) is 49.1 Å². The maximum absolute atomic E-state index is 12.4. The maximum atomic E-state index is 12.4. The molecule has 0 unspecified atom stereocenters. The summed E-state index contributed by atoms with van der Waals surface area (Å²) in [4.78, 5) is 26.6. The zero-order valence-corrected chi connectivity index (χ0v) is 14.0. The van der Waals surface area contributed by atoms with Crippen molar-refractivity contribution < 1.29 is 9.59 Å². The standard InChI is InChI=1S/C18H23ClN2O2/c19-16-9-5-4-6-13(16)11-20-18(23)14-10-17(22)21(12-14)15-7-2-1-3-8-15/h4-6,9,14-15H,1-3,7-8,10-12H2,(H,20,23)/t14-/m0/s1. The summed E-state index contributed by atoms with van der Waals surface area (Å²) in [5, 5.41) is 3.58. The Bertz CT molecular complexity index is 584. The molecule has 1 N–H and O–H groups in total. The Morgan fingerprint density at radius 3 is 2.70 bits per heavy atom. The van der Waals surface area contributed by atoms with Crippen molar-refractivity contribution in [2.24, 2.45) is 5.92 Å². The fraction of sp³-hybridized carbons (Fsp3) is 0.556. The lowest BCUT2D eigenvalue weighted by atomic mass is 9.94. The predicted octanol–water partition coefficient (Wildman–Crippen LogP) is 3.14. The Hall–Kier alpha value is -1.55. The minimum Gasteiger partial charge on any atom is -0.352 e. The number of halogens is 1. The molecule has 1 saturated carbocycles. The molecule has 0 spiro atoms. The van der Waals surface area contributed by atoms with Crippen LogP contribution in [0, 0.1) is 5.92 Å². The number of hydrogen-bond donors (Lipinski definition) is 1. The van der Waals surface area contributed by atoms with Gasteiger partial charge in [-0.3, -0.25) is 9.59 Å². The van der Waals surface area contributed by atoms with Gasteiger partial charge >= 0.3 is 0 Å². The zero-order valence-electron chi connectivity index (χ0n) is 13.3. The molecule has 124 valence electrons. The van der Waals surface area contributed by atoms with E-state index >= 15 is 0 Å². The van der Waals surface area contributed by atoms with E-state index in [1.165, 1.54) is 19.3 Å². The first-order chi connectivity index (χ1) is 11.1. The van der Waals surface area contributed by atoms with E-state index in [2.05, 4.69) is 5.32 Å². The summed E-state index contributed by atoms with van der Waals surface area (Å²) < 4.78 is 0. The normalized spacial score (nSPS) is 22.4. The number of nitrogens with zero attached hydrogens (tertiary/aromatic N) is 1. The Balaban J connectivity index is 1.54. The van der Waals surface area contributed by atoms with Gasteiger partial charge in [0, 0.05) is 30.6 Å². The predicted molar refractivity (Wildman–Crippen MR) is 90.0 cm³/mol. The van der Waals surface area contributed by atoms with Crippen LogP contribution < -0.4 is 5.32 Å². The lowest BCUT2D eigenvalue weighted by Crippen LogP contribution is -2.39. The summed E-state index contributed by atoms with van der Waals surface area (Å²) >= 11 is 6.10. The third kappa shape index (κ3) is 3.86. The average Bonchev–Trinajstić information content (AvgIpc) is 2.96. The lowest BCUT2D eigenvalue weighted by Gasteiger charge is -2.31. The molecule has 1 saturated heterocycles. The molecular weight excluding hydrogens is 312 g/mol. The highest BCUT2D eigenvalue weighted by Gasteiger charge is 2.37. The molecule has 1 atom stereocenters. The van der Waals surface area contributed by atoms with E-state index in [1.54, 1.807) is 0 Å². The van der Waals surface area contributed by atoms with Gasteiger partial charge in [-0.2, -0.15) is 0 Å². The first-order valence-electron chi connectivity index (χ1n) is 8.45. The Morgan fingerprint density at radius 2 is 1.96 bits per heavy atom. The molecule has 1 heterocycles. The molecule has 5 heteroatoms. The molecule has 0 radical (unpaired) electrons. The summed E-state index contributed by atoms with van der Waals surface area (Å²) in [6.45, 7) is 0.977. The van der Waals surface area contributed by atoms with Crippen molar-refractivity contribution >= 4 is 23.4 Å². The first-order valence-corrected chi connectivity index (χ1v) is 8.83. The van der Waals surface area contributed by atoms with E-state index in [1.807, 2.05) is 29.2 Å². The minimum atomic E-state index is -0.230. The van der Waals surface area contributed by atoms with Crippen LogP contribution in [0.25, 0.3) is 0 Å². The van der Waals surface area contributed by atoms with Gasteiger partial charge in [-0.15, -0.1) is 0 Å². The number of carbonyl (C=O) groups excluding carboxylic acids is 2. The highest BCUT2D eigenvalue weighted by molar-refractivity contribution is 6.31. The zero-order chi connectivity index (χ0) is 16.2. The second-order valence-electron chi connectivity index (χ2n) is 6.55. The molecule has 2 amide bonds. The molecule has 23 heavy (non-hydrogen) atoms. The molecule has 1 aromatic carbocycles. The maximum Gasteiger partial charge on any atom is 0.225 e. The van der Waals surface area contributed by atoms with Crippen LogP contribution in [0.4, 0.5) is 0 Å². The van der Waals surface area contributed by atoms with Crippen LogP contribution in [0.1, 0.15) is 44.1 Å². The molecule has 0 aromatic heterocycles. The highest BCUT2D eigenvalue weighted by Crippen LogP contribution is 2.28. The number of rotatable bonds is 4. The second-order valence-corrected chi connectivity index (χ2v) is 6.96. The molecule has 0 bridgehead atoms. The van der Waals surface area contributed by atoms with Crippen LogP contribution in [0.3, 0.4) is 0 Å². The Kier molecular flexibility index (Phi) is 5.21. The molecule has 2 aliphatic rings. The number of hydrogen-bond acceptors (Lipinski definition) is 2.